The van der Waals surface area contributed by atoms with Crippen molar-refractivity contribution in [3.63, 3.8) is 0 Å². The number of carbonyl (C=O) groups excluding carboxylic acids is 1. The van der Waals surface area contributed by atoms with Crippen LogP contribution in [0.3, 0.4) is 0 Å². The Balaban J connectivity index is 1.57. The van der Waals surface area contributed by atoms with Crippen LogP contribution in [0.4, 0.5) is 0 Å². The van der Waals surface area contributed by atoms with E-state index in [0.29, 0.717) is 21.4 Å². The molecule has 3 aromatic carbocycles. The fourth-order valence-electron chi connectivity index (χ4n) is 2.94. The summed E-state index contributed by atoms with van der Waals surface area (Å²) < 4.78 is 11.3. The van der Waals surface area contributed by atoms with E-state index >= 15 is 0 Å². The van der Waals surface area contributed by atoms with Crippen LogP contribution in [0.5, 0.6) is 11.5 Å². The summed E-state index contributed by atoms with van der Waals surface area (Å²) in [6, 6.07) is 16.5. The summed E-state index contributed by atoms with van der Waals surface area (Å²) in [5, 5.41) is 16.7. The van der Waals surface area contributed by atoms with Crippen LogP contribution in [-0.2, 0) is 0 Å². The van der Waals surface area contributed by atoms with Crippen LogP contribution in [0.2, 0.25) is 0 Å². The summed E-state index contributed by atoms with van der Waals surface area (Å²) in [5.41, 5.74) is 3.72. The predicted octanol–water partition coefficient (Wildman–Crippen LogP) is 4.83. The van der Waals surface area contributed by atoms with Gasteiger partial charge in [0.05, 0.1) is 13.3 Å². The summed E-state index contributed by atoms with van der Waals surface area (Å²) in [5.74, 6) is 0.0226. The molecular formula is C21H15BrN2O4. The first-order valence-corrected chi connectivity index (χ1v) is 9.17. The maximum atomic E-state index is 12.4. The Bertz CT molecular complexity index is 1230. The van der Waals surface area contributed by atoms with Gasteiger partial charge in [-0.3, -0.25) is 4.79 Å². The minimum absolute atomic E-state index is 0.00469. The lowest BCUT2D eigenvalue weighted by Crippen LogP contribution is -2.16. The highest BCUT2D eigenvalue weighted by molar-refractivity contribution is 9.10. The number of phenols is 1. The molecule has 1 heterocycles. The van der Waals surface area contributed by atoms with E-state index in [0.717, 1.165) is 16.2 Å². The highest BCUT2D eigenvalue weighted by Crippen LogP contribution is 2.31. The molecule has 2 N–H and O–H groups in total. The molecule has 0 radical (unpaired) electrons. The van der Waals surface area contributed by atoms with Gasteiger partial charge in [-0.05, 0) is 51.0 Å². The molecule has 0 spiro atoms. The third-order valence-corrected chi connectivity index (χ3v) is 5.00. The van der Waals surface area contributed by atoms with E-state index in [1.165, 1.54) is 19.4 Å². The van der Waals surface area contributed by atoms with E-state index in [4.69, 9.17) is 9.15 Å². The number of nitrogens with one attached hydrogen (secondary N) is 1. The minimum atomic E-state index is -0.460. The minimum Gasteiger partial charge on any atom is -0.504 e. The van der Waals surface area contributed by atoms with Crippen molar-refractivity contribution in [3.8, 4) is 11.5 Å². The van der Waals surface area contributed by atoms with Crippen LogP contribution in [0.1, 0.15) is 16.1 Å². The van der Waals surface area contributed by atoms with Crippen molar-refractivity contribution in [3.05, 3.63) is 70.4 Å². The van der Waals surface area contributed by atoms with Crippen molar-refractivity contribution >= 4 is 49.8 Å². The molecule has 140 valence electrons. The monoisotopic (exact) mass is 438 g/mol. The molecule has 0 fully saturated rings. The van der Waals surface area contributed by atoms with Crippen molar-refractivity contribution in [1.82, 2.24) is 5.43 Å². The quantitative estimate of drug-likeness (QED) is 0.353. The zero-order valence-corrected chi connectivity index (χ0v) is 16.4. The van der Waals surface area contributed by atoms with E-state index in [-0.39, 0.29) is 11.5 Å². The van der Waals surface area contributed by atoms with Gasteiger partial charge in [0.25, 0.3) is 0 Å². The Morgan fingerprint density at radius 2 is 2.00 bits per heavy atom. The molecule has 0 aliphatic carbocycles. The number of carbonyl (C=O) groups is 1. The summed E-state index contributed by atoms with van der Waals surface area (Å²) in [6.45, 7) is 0. The molecule has 4 aromatic rings. The van der Waals surface area contributed by atoms with Gasteiger partial charge in [0.2, 0.25) is 0 Å². The Morgan fingerprint density at radius 1 is 1.18 bits per heavy atom. The number of aromatic hydroxyl groups is 1. The van der Waals surface area contributed by atoms with E-state index in [1.807, 2.05) is 36.4 Å². The molecule has 0 aliphatic heterocycles. The smallest absolute Gasteiger partial charge is 0.307 e. The molecule has 28 heavy (non-hydrogen) atoms. The molecule has 0 aliphatic rings. The van der Waals surface area contributed by atoms with Crippen LogP contribution in [0, 0.1) is 0 Å². The topological polar surface area (TPSA) is 84.1 Å². The van der Waals surface area contributed by atoms with Crippen LogP contribution in [0.25, 0.3) is 21.7 Å². The highest BCUT2D eigenvalue weighted by atomic mass is 79.9. The SMILES string of the molecule is COc1cc(/C=N/NC(=O)c2cc3c(ccc4ccccc43)o2)c(Br)cc1O. The van der Waals surface area contributed by atoms with Crippen molar-refractivity contribution in [2.45, 2.75) is 0 Å². The number of halogens is 1. The van der Waals surface area contributed by atoms with Gasteiger partial charge in [0.15, 0.2) is 17.3 Å². The summed E-state index contributed by atoms with van der Waals surface area (Å²) in [6.07, 6.45) is 1.45. The van der Waals surface area contributed by atoms with Gasteiger partial charge in [-0.15, -0.1) is 0 Å². The number of methoxy groups -OCH3 is 1. The van der Waals surface area contributed by atoms with E-state index in [9.17, 15) is 9.90 Å². The number of fused-ring (bicyclic) bond motifs is 3. The van der Waals surface area contributed by atoms with Gasteiger partial charge in [0, 0.05) is 15.4 Å². The average Bonchev–Trinajstić information content (AvgIpc) is 3.14. The van der Waals surface area contributed by atoms with Crippen molar-refractivity contribution < 1.29 is 19.1 Å². The van der Waals surface area contributed by atoms with Gasteiger partial charge < -0.3 is 14.3 Å². The Morgan fingerprint density at radius 3 is 2.82 bits per heavy atom. The lowest BCUT2D eigenvalue weighted by atomic mass is 10.1. The molecule has 0 unspecified atom stereocenters. The molecule has 0 atom stereocenters. The number of amides is 1. The second kappa shape index (κ2) is 7.36. The first-order valence-electron chi connectivity index (χ1n) is 8.38. The zero-order chi connectivity index (χ0) is 19.7. The Labute approximate surface area is 168 Å². The predicted molar refractivity (Wildman–Crippen MR) is 111 cm³/mol. The van der Waals surface area contributed by atoms with E-state index in [1.54, 1.807) is 12.1 Å². The standard InChI is InChI=1S/C21H15BrN2O4/c1-27-19-8-13(16(22)10-17(19)25)11-23-24-21(26)20-9-15-14-5-3-2-4-12(14)6-7-18(15)28-20/h2-11,25H,1H3,(H,24,26)/b23-11+. The van der Waals surface area contributed by atoms with Crippen molar-refractivity contribution in [2.24, 2.45) is 5.10 Å². The van der Waals surface area contributed by atoms with Gasteiger partial charge >= 0.3 is 5.91 Å². The summed E-state index contributed by atoms with van der Waals surface area (Å²) >= 11 is 3.33. The number of rotatable bonds is 4. The number of hydrogen-bond donors (Lipinski definition) is 2. The largest absolute Gasteiger partial charge is 0.504 e. The van der Waals surface area contributed by atoms with Gasteiger partial charge in [-0.2, -0.15) is 5.10 Å². The lowest BCUT2D eigenvalue weighted by molar-refractivity contribution is 0.0929. The lowest BCUT2D eigenvalue weighted by Gasteiger charge is -2.06. The van der Waals surface area contributed by atoms with Crippen molar-refractivity contribution in [1.29, 1.82) is 0 Å². The van der Waals surface area contributed by atoms with Crippen LogP contribution >= 0.6 is 15.9 Å². The van der Waals surface area contributed by atoms with Crippen LogP contribution in [-0.4, -0.2) is 24.3 Å². The van der Waals surface area contributed by atoms with Crippen molar-refractivity contribution in [2.75, 3.05) is 7.11 Å². The molecule has 6 nitrogen and oxygen atoms in total. The highest BCUT2D eigenvalue weighted by Gasteiger charge is 2.13. The number of ether oxygens (including phenoxy) is 1. The Hall–Kier alpha value is -3.32. The van der Waals surface area contributed by atoms with E-state index < -0.39 is 5.91 Å². The molecule has 7 heteroatoms. The van der Waals surface area contributed by atoms with Gasteiger partial charge in [0.1, 0.15) is 5.58 Å². The number of furan rings is 1. The normalized spacial score (nSPS) is 11.4. The average molecular weight is 439 g/mol. The first kappa shape index (κ1) is 18.1. The summed E-state index contributed by atoms with van der Waals surface area (Å²) in [7, 11) is 1.46. The third-order valence-electron chi connectivity index (χ3n) is 4.32. The molecule has 1 aromatic heterocycles. The molecule has 0 saturated carbocycles. The van der Waals surface area contributed by atoms with Gasteiger partial charge in [-0.25, -0.2) is 5.43 Å². The maximum Gasteiger partial charge on any atom is 0.307 e. The number of benzene rings is 3. The van der Waals surface area contributed by atoms with Gasteiger partial charge in [-0.1, -0.05) is 30.3 Å². The van der Waals surface area contributed by atoms with Crippen LogP contribution < -0.4 is 10.2 Å². The first-order chi connectivity index (χ1) is 13.6. The number of phenolic OH excluding ortho intramolecular Hbond substituents is 1. The number of hydrazone groups is 1. The Kier molecular flexibility index (Phi) is 4.75. The molecule has 0 bridgehead atoms. The number of nitrogens with zero attached hydrogens (tertiary/aromatic N) is 1. The second-order valence-corrected chi connectivity index (χ2v) is 6.91. The number of hydrogen-bond acceptors (Lipinski definition) is 5. The molecule has 0 saturated heterocycles. The second-order valence-electron chi connectivity index (χ2n) is 6.05. The molecular weight excluding hydrogens is 424 g/mol. The summed E-state index contributed by atoms with van der Waals surface area (Å²) in [4.78, 5) is 12.4. The maximum absolute atomic E-state index is 12.4. The van der Waals surface area contributed by atoms with E-state index in [2.05, 4.69) is 26.5 Å². The fourth-order valence-corrected chi connectivity index (χ4v) is 3.37. The molecule has 1 amide bonds. The zero-order valence-electron chi connectivity index (χ0n) is 14.8. The molecule has 4 rings (SSSR count). The fraction of sp³-hybridized carbons (Fsp3) is 0.0476. The third kappa shape index (κ3) is 3.32. The van der Waals surface area contributed by atoms with Crippen LogP contribution in [0.15, 0.2) is 68.6 Å².